The Hall–Kier alpha value is -4.16. The van der Waals surface area contributed by atoms with E-state index in [1.54, 1.807) is 0 Å². The number of nitriles is 1. The van der Waals surface area contributed by atoms with Crippen molar-refractivity contribution in [2.75, 3.05) is 0 Å². The SMILES string of the molecule is [C-]#[N+]c1cc2cc(c1)C(C)(C)c1cc(C#N)cc(c1)-n1ccc(n1)C(C)(C)c1ccn-2n1. The van der Waals surface area contributed by atoms with Gasteiger partial charge in [0.15, 0.2) is 5.69 Å². The second-order valence-corrected chi connectivity index (χ2v) is 9.27. The smallest absolute Gasteiger partial charge is 0.189 e. The molecule has 0 radical (unpaired) electrons. The van der Waals surface area contributed by atoms with E-state index >= 15 is 0 Å². The van der Waals surface area contributed by atoms with Gasteiger partial charge >= 0.3 is 0 Å². The Morgan fingerprint density at radius 2 is 1.38 bits per heavy atom. The van der Waals surface area contributed by atoms with Crippen molar-refractivity contribution in [2.24, 2.45) is 0 Å². The number of fused-ring (bicyclic) bond motifs is 10. The van der Waals surface area contributed by atoms with E-state index < -0.39 is 10.8 Å². The molecule has 0 amide bonds. The van der Waals surface area contributed by atoms with Crippen molar-refractivity contribution in [3.05, 3.63) is 100 Å². The zero-order chi connectivity index (χ0) is 22.7. The highest BCUT2D eigenvalue weighted by Gasteiger charge is 2.30. The van der Waals surface area contributed by atoms with E-state index in [1.807, 2.05) is 58.2 Å². The van der Waals surface area contributed by atoms with E-state index in [9.17, 15) is 5.26 Å². The first-order valence-corrected chi connectivity index (χ1v) is 10.4. The Morgan fingerprint density at radius 1 is 0.812 bits per heavy atom. The molecule has 2 aromatic heterocycles. The van der Waals surface area contributed by atoms with Crippen molar-refractivity contribution in [3.63, 3.8) is 0 Å². The molecule has 2 aromatic carbocycles. The van der Waals surface area contributed by atoms with Gasteiger partial charge in [0.05, 0.1) is 46.4 Å². The summed E-state index contributed by atoms with van der Waals surface area (Å²) in [5.41, 5.74) is 5.67. The molecule has 0 unspecified atom stereocenters. The van der Waals surface area contributed by atoms with Crippen LogP contribution < -0.4 is 0 Å². The molecule has 4 aromatic rings. The van der Waals surface area contributed by atoms with Gasteiger partial charge in [0.25, 0.3) is 0 Å². The Kier molecular flexibility index (Phi) is 4.12. The van der Waals surface area contributed by atoms with Gasteiger partial charge in [-0.2, -0.15) is 15.5 Å². The van der Waals surface area contributed by atoms with E-state index in [-0.39, 0.29) is 0 Å². The van der Waals surface area contributed by atoms with Crippen LogP contribution in [0.3, 0.4) is 0 Å². The zero-order valence-corrected chi connectivity index (χ0v) is 18.5. The van der Waals surface area contributed by atoms with Crippen LogP contribution in [0, 0.1) is 17.9 Å². The average Bonchev–Trinajstić information content (AvgIpc) is 3.48. The van der Waals surface area contributed by atoms with E-state index in [1.165, 1.54) is 0 Å². The summed E-state index contributed by atoms with van der Waals surface area (Å²) < 4.78 is 3.65. The van der Waals surface area contributed by atoms with Crippen molar-refractivity contribution >= 4 is 5.69 Å². The molecule has 0 saturated heterocycles. The van der Waals surface area contributed by atoms with Gasteiger partial charge in [-0.1, -0.05) is 19.9 Å². The maximum Gasteiger partial charge on any atom is 0.189 e. The molecular weight excluding hydrogens is 396 g/mol. The van der Waals surface area contributed by atoms with E-state index in [0.29, 0.717) is 11.3 Å². The van der Waals surface area contributed by atoms with E-state index in [2.05, 4.69) is 50.7 Å². The molecule has 3 heterocycles. The van der Waals surface area contributed by atoms with Gasteiger partial charge in [-0.15, -0.1) is 0 Å². The van der Waals surface area contributed by atoms with Crippen LogP contribution in [0.25, 0.3) is 16.2 Å². The topological polar surface area (TPSA) is 63.8 Å². The minimum absolute atomic E-state index is 0.421. The first kappa shape index (κ1) is 19.8. The molecule has 6 heteroatoms. The number of nitrogens with zero attached hydrogens (tertiary/aromatic N) is 6. The molecule has 8 bridgehead atoms. The van der Waals surface area contributed by atoms with Crippen molar-refractivity contribution in [1.82, 2.24) is 19.6 Å². The third-order valence-electron chi connectivity index (χ3n) is 6.51. The number of rotatable bonds is 0. The molecule has 5 rings (SSSR count). The normalized spacial score (nSPS) is 15.3. The first-order chi connectivity index (χ1) is 15.2. The number of benzene rings is 2. The van der Waals surface area contributed by atoms with Gasteiger partial charge < -0.3 is 0 Å². The molecule has 0 aliphatic carbocycles. The maximum atomic E-state index is 9.71. The standard InChI is InChI=1S/C26H22N6/c1-25(2)18-10-17(16-27)11-21(13-18)31-8-6-23(29-31)26(3,4)24-7-9-32(30-24)22-14-19(25)12-20(15-22)28-5/h6-15H,1-4H3. The Balaban J connectivity index is 1.88. The fraction of sp³-hybridized carbons (Fsp3) is 0.231. The number of hydrogen-bond donors (Lipinski definition) is 0. The summed E-state index contributed by atoms with van der Waals surface area (Å²) in [6.45, 7) is 16.0. The molecule has 6 nitrogen and oxygen atoms in total. The average molecular weight is 419 g/mol. The molecule has 156 valence electrons. The van der Waals surface area contributed by atoms with Gasteiger partial charge in [0.1, 0.15) is 0 Å². The lowest BCUT2D eigenvalue weighted by atomic mass is 9.77. The molecule has 1 aliphatic rings. The molecule has 0 atom stereocenters. The molecule has 0 N–H and O–H groups in total. The van der Waals surface area contributed by atoms with Gasteiger partial charge in [-0.05, 0) is 67.4 Å². The van der Waals surface area contributed by atoms with Crippen molar-refractivity contribution < 1.29 is 0 Å². The van der Waals surface area contributed by atoms with Crippen LogP contribution in [0.2, 0.25) is 0 Å². The summed E-state index contributed by atoms with van der Waals surface area (Å²) in [5.74, 6) is 0. The summed E-state index contributed by atoms with van der Waals surface area (Å²) in [6.07, 6.45) is 3.86. The summed E-state index contributed by atoms with van der Waals surface area (Å²) >= 11 is 0. The number of hydrogen-bond acceptors (Lipinski definition) is 3. The fourth-order valence-corrected chi connectivity index (χ4v) is 4.22. The highest BCUT2D eigenvalue weighted by molar-refractivity contribution is 5.59. The number of aromatic nitrogens is 4. The van der Waals surface area contributed by atoms with E-state index in [0.717, 1.165) is 33.9 Å². The minimum atomic E-state index is -0.452. The third kappa shape index (κ3) is 2.92. The third-order valence-corrected chi connectivity index (χ3v) is 6.51. The Morgan fingerprint density at radius 3 is 1.94 bits per heavy atom. The molecule has 0 fully saturated rings. The Labute approximate surface area is 187 Å². The zero-order valence-electron chi connectivity index (χ0n) is 18.5. The lowest BCUT2D eigenvalue weighted by Gasteiger charge is -2.28. The largest absolute Gasteiger partial charge is 0.242 e. The van der Waals surface area contributed by atoms with Crippen molar-refractivity contribution in [2.45, 2.75) is 38.5 Å². The lowest BCUT2D eigenvalue weighted by Crippen LogP contribution is -2.22. The second kappa shape index (κ2) is 6.67. The van der Waals surface area contributed by atoms with Gasteiger partial charge in [0.2, 0.25) is 0 Å². The lowest BCUT2D eigenvalue weighted by molar-refractivity contribution is 0.575. The van der Waals surface area contributed by atoms with Crippen LogP contribution in [0.5, 0.6) is 0 Å². The summed E-state index contributed by atoms with van der Waals surface area (Å²) in [7, 11) is 0. The fourth-order valence-electron chi connectivity index (χ4n) is 4.22. The molecule has 0 spiro atoms. The first-order valence-electron chi connectivity index (χ1n) is 10.4. The van der Waals surface area contributed by atoms with Gasteiger partial charge in [-0.25, -0.2) is 14.2 Å². The second-order valence-electron chi connectivity index (χ2n) is 9.27. The van der Waals surface area contributed by atoms with Crippen LogP contribution in [-0.4, -0.2) is 19.6 Å². The van der Waals surface area contributed by atoms with Crippen molar-refractivity contribution in [3.8, 4) is 17.4 Å². The van der Waals surface area contributed by atoms with Crippen LogP contribution in [0.4, 0.5) is 5.69 Å². The summed E-state index contributed by atoms with van der Waals surface area (Å²) in [6, 6.07) is 18.0. The highest BCUT2D eigenvalue weighted by atomic mass is 15.3. The quantitative estimate of drug-likeness (QED) is 0.357. The monoisotopic (exact) mass is 418 g/mol. The van der Waals surface area contributed by atoms with E-state index in [4.69, 9.17) is 16.8 Å². The predicted molar refractivity (Wildman–Crippen MR) is 122 cm³/mol. The molecule has 0 saturated carbocycles. The highest BCUT2D eigenvalue weighted by Crippen LogP contribution is 2.37. The molecule has 1 aliphatic heterocycles. The van der Waals surface area contributed by atoms with Gasteiger partial charge in [-0.3, -0.25) is 0 Å². The summed E-state index contributed by atoms with van der Waals surface area (Å²) in [4.78, 5) is 3.71. The van der Waals surface area contributed by atoms with Gasteiger partial charge in [0, 0.05) is 17.8 Å². The minimum Gasteiger partial charge on any atom is -0.242 e. The molecular formula is C26H22N6. The van der Waals surface area contributed by atoms with Crippen LogP contribution in [0.15, 0.2) is 60.9 Å². The van der Waals surface area contributed by atoms with Crippen LogP contribution >= 0.6 is 0 Å². The predicted octanol–water partition coefficient (Wildman–Crippen LogP) is 5.45. The maximum absolute atomic E-state index is 9.71. The molecule has 32 heavy (non-hydrogen) atoms. The van der Waals surface area contributed by atoms with Crippen LogP contribution in [-0.2, 0) is 10.8 Å². The van der Waals surface area contributed by atoms with Crippen molar-refractivity contribution in [1.29, 1.82) is 5.26 Å². The Bertz CT molecular complexity index is 1340. The summed E-state index contributed by atoms with van der Waals surface area (Å²) in [5, 5.41) is 19.4. The van der Waals surface area contributed by atoms with Crippen LogP contribution in [0.1, 0.15) is 55.8 Å².